The molecular formula is C10H21N5O. The van der Waals surface area contributed by atoms with E-state index in [1.54, 1.807) is 4.68 Å². The Bertz CT molecular complexity index is 323. The molecule has 92 valence electrons. The number of nitrogens with zero attached hydrogens (tertiary/aromatic N) is 3. The molecule has 1 aromatic heterocycles. The highest BCUT2D eigenvalue weighted by atomic mass is 16.5. The topological polar surface area (TPSA) is 78.0 Å². The zero-order chi connectivity index (χ0) is 12.2. The quantitative estimate of drug-likeness (QED) is 0.528. The molecule has 1 unspecified atom stereocenters. The molecule has 6 nitrogen and oxygen atoms in total. The standard InChI is InChI=1S/C10H21N5O/c1-5-16-10(2,3)9(12-11)6-8-7-15(4)14-13-8/h7,9,12H,5-6,11H2,1-4H3. The Morgan fingerprint density at radius 3 is 2.75 bits per heavy atom. The van der Waals surface area contributed by atoms with Crippen LogP contribution in [-0.4, -0.2) is 33.2 Å². The van der Waals surface area contributed by atoms with Crippen LogP contribution in [0.2, 0.25) is 0 Å². The first kappa shape index (κ1) is 13.1. The zero-order valence-corrected chi connectivity index (χ0v) is 10.4. The number of hydrogen-bond donors (Lipinski definition) is 2. The molecule has 1 aromatic rings. The van der Waals surface area contributed by atoms with Crippen molar-refractivity contribution >= 4 is 0 Å². The van der Waals surface area contributed by atoms with Gasteiger partial charge in [-0.15, -0.1) is 5.10 Å². The van der Waals surface area contributed by atoms with Crippen molar-refractivity contribution in [3.8, 4) is 0 Å². The summed E-state index contributed by atoms with van der Waals surface area (Å²) >= 11 is 0. The van der Waals surface area contributed by atoms with E-state index in [9.17, 15) is 0 Å². The molecule has 0 aliphatic carbocycles. The minimum atomic E-state index is -0.332. The van der Waals surface area contributed by atoms with Gasteiger partial charge in [-0.2, -0.15) is 0 Å². The SMILES string of the molecule is CCOC(C)(C)C(Cc1cn(C)nn1)NN. The Morgan fingerprint density at radius 1 is 1.62 bits per heavy atom. The maximum atomic E-state index is 5.66. The highest BCUT2D eigenvalue weighted by Gasteiger charge is 2.30. The molecule has 3 N–H and O–H groups in total. The lowest BCUT2D eigenvalue weighted by Gasteiger charge is -2.33. The monoisotopic (exact) mass is 227 g/mol. The Morgan fingerprint density at radius 2 is 2.31 bits per heavy atom. The first-order valence-electron chi connectivity index (χ1n) is 5.45. The van der Waals surface area contributed by atoms with Gasteiger partial charge in [0, 0.05) is 26.3 Å². The molecule has 0 aromatic carbocycles. The summed E-state index contributed by atoms with van der Waals surface area (Å²) in [5, 5.41) is 7.93. The van der Waals surface area contributed by atoms with Crippen molar-refractivity contribution in [2.75, 3.05) is 6.61 Å². The summed E-state index contributed by atoms with van der Waals surface area (Å²) < 4.78 is 7.34. The molecule has 0 amide bonds. The molecule has 0 bridgehead atoms. The number of rotatable bonds is 6. The molecular weight excluding hydrogens is 206 g/mol. The van der Waals surface area contributed by atoms with Crippen molar-refractivity contribution in [1.82, 2.24) is 20.4 Å². The molecule has 16 heavy (non-hydrogen) atoms. The fourth-order valence-corrected chi connectivity index (χ4v) is 1.68. The number of hydrazine groups is 1. The van der Waals surface area contributed by atoms with Gasteiger partial charge in [0.05, 0.1) is 17.3 Å². The number of ether oxygens (including phenoxy) is 1. The normalized spacial score (nSPS) is 14.1. The van der Waals surface area contributed by atoms with E-state index in [1.165, 1.54) is 0 Å². The molecule has 1 heterocycles. The summed E-state index contributed by atoms with van der Waals surface area (Å²) in [5.41, 5.74) is 3.35. The van der Waals surface area contributed by atoms with Gasteiger partial charge in [0.1, 0.15) is 0 Å². The van der Waals surface area contributed by atoms with Crippen LogP contribution in [0.3, 0.4) is 0 Å². The molecule has 0 aliphatic rings. The molecule has 0 radical (unpaired) electrons. The van der Waals surface area contributed by atoms with E-state index in [0.717, 1.165) is 5.69 Å². The maximum Gasteiger partial charge on any atom is 0.0844 e. The number of aryl methyl sites for hydroxylation is 1. The van der Waals surface area contributed by atoms with Gasteiger partial charge >= 0.3 is 0 Å². The van der Waals surface area contributed by atoms with Crippen molar-refractivity contribution in [3.63, 3.8) is 0 Å². The summed E-state index contributed by atoms with van der Waals surface area (Å²) in [6.45, 7) is 6.65. The van der Waals surface area contributed by atoms with Crippen molar-refractivity contribution in [3.05, 3.63) is 11.9 Å². The lowest BCUT2D eigenvalue weighted by atomic mass is 9.95. The molecule has 1 rings (SSSR count). The van der Waals surface area contributed by atoms with Gasteiger partial charge in [0.15, 0.2) is 0 Å². The molecule has 1 atom stereocenters. The molecule has 0 saturated heterocycles. The van der Waals surface area contributed by atoms with E-state index in [-0.39, 0.29) is 11.6 Å². The predicted octanol–water partition coefficient (Wildman–Crippen LogP) is 0.00460. The summed E-state index contributed by atoms with van der Waals surface area (Å²) in [5.74, 6) is 5.56. The van der Waals surface area contributed by atoms with Crippen LogP contribution in [0, 0.1) is 0 Å². The molecule has 6 heteroatoms. The average Bonchev–Trinajstić information content (AvgIpc) is 2.60. The van der Waals surface area contributed by atoms with E-state index < -0.39 is 0 Å². The van der Waals surface area contributed by atoms with Crippen molar-refractivity contribution in [2.45, 2.75) is 38.8 Å². The third-order valence-electron chi connectivity index (χ3n) is 2.62. The van der Waals surface area contributed by atoms with Gasteiger partial charge in [-0.1, -0.05) is 5.21 Å². The summed E-state index contributed by atoms with van der Waals surface area (Å²) in [6, 6.07) is 0.00384. The van der Waals surface area contributed by atoms with Crippen LogP contribution in [0.25, 0.3) is 0 Å². The minimum absolute atomic E-state index is 0.00384. The third-order valence-corrected chi connectivity index (χ3v) is 2.62. The minimum Gasteiger partial charge on any atom is -0.374 e. The summed E-state index contributed by atoms with van der Waals surface area (Å²) in [7, 11) is 1.84. The second-order valence-electron chi connectivity index (χ2n) is 4.34. The van der Waals surface area contributed by atoms with Crippen LogP contribution in [-0.2, 0) is 18.2 Å². The number of nitrogens with two attached hydrogens (primary N) is 1. The first-order chi connectivity index (χ1) is 7.49. The van der Waals surface area contributed by atoms with Crippen molar-refractivity contribution < 1.29 is 4.74 Å². The highest BCUT2D eigenvalue weighted by molar-refractivity contribution is 5.00. The van der Waals surface area contributed by atoms with E-state index in [1.807, 2.05) is 34.0 Å². The fourth-order valence-electron chi connectivity index (χ4n) is 1.68. The van der Waals surface area contributed by atoms with Crippen LogP contribution in [0.15, 0.2) is 6.20 Å². The Balaban J connectivity index is 2.68. The van der Waals surface area contributed by atoms with E-state index in [4.69, 9.17) is 10.6 Å². The van der Waals surface area contributed by atoms with Gasteiger partial charge in [0.2, 0.25) is 0 Å². The Hall–Kier alpha value is -0.980. The van der Waals surface area contributed by atoms with Gasteiger partial charge in [-0.25, -0.2) is 0 Å². The molecule has 0 spiro atoms. The first-order valence-corrected chi connectivity index (χ1v) is 5.45. The van der Waals surface area contributed by atoms with Crippen LogP contribution in [0.4, 0.5) is 0 Å². The second-order valence-corrected chi connectivity index (χ2v) is 4.34. The fraction of sp³-hybridized carbons (Fsp3) is 0.800. The van der Waals surface area contributed by atoms with Crippen molar-refractivity contribution in [1.29, 1.82) is 0 Å². The molecule has 0 saturated carbocycles. The second kappa shape index (κ2) is 5.38. The van der Waals surface area contributed by atoms with Crippen LogP contribution in [0.5, 0.6) is 0 Å². The predicted molar refractivity (Wildman–Crippen MR) is 61.5 cm³/mol. The van der Waals surface area contributed by atoms with E-state index in [2.05, 4.69) is 15.7 Å². The van der Waals surface area contributed by atoms with Gasteiger partial charge in [0.25, 0.3) is 0 Å². The summed E-state index contributed by atoms with van der Waals surface area (Å²) in [4.78, 5) is 0. The largest absolute Gasteiger partial charge is 0.374 e. The van der Waals surface area contributed by atoms with E-state index in [0.29, 0.717) is 13.0 Å². The number of hydrogen-bond acceptors (Lipinski definition) is 5. The van der Waals surface area contributed by atoms with Gasteiger partial charge in [-0.05, 0) is 20.8 Å². The molecule has 0 fully saturated rings. The van der Waals surface area contributed by atoms with Gasteiger partial charge < -0.3 is 4.74 Å². The molecule has 0 aliphatic heterocycles. The third kappa shape index (κ3) is 3.26. The van der Waals surface area contributed by atoms with Crippen LogP contribution < -0.4 is 11.3 Å². The average molecular weight is 227 g/mol. The smallest absolute Gasteiger partial charge is 0.0844 e. The van der Waals surface area contributed by atoms with Crippen molar-refractivity contribution in [2.24, 2.45) is 12.9 Å². The van der Waals surface area contributed by atoms with Gasteiger partial charge in [-0.3, -0.25) is 16.0 Å². The van der Waals surface area contributed by atoms with E-state index >= 15 is 0 Å². The summed E-state index contributed by atoms with van der Waals surface area (Å²) in [6.07, 6.45) is 2.57. The van der Waals surface area contributed by atoms with Crippen LogP contribution >= 0.6 is 0 Å². The lowest BCUT2D eigenvalue weighted by molar-refractivity contribution is -0.0383. The zero-order valence-electron chi connectivity index (χ0n) is 10.4. The van der Waals surface area contributed by atoms with Crippen LogP contribution in [0.1, 0.15) is 26.5 Å². The number of nitrogens with one attached hydrogen (secondary N) is 1. The Labute approximate surface area is 96.1 Å². The lowest BCUT2D eigenvalue weighted by Crippen LogP contribution is -2.52. The Kier molecular flexibility index (Phi) is 4.40. The highest BCUT2D eigenvalue weighted by Crippen LogP contribution is 2.17. The number of aromatic nitrogens is 3. The maximum absolute atomic E-state index is 5.66.